The van der Waals surface area contributed by atoms with Gasteiger partial charge in [0.2, 0.25) is 11.8 Å². The molecular formula is C17H26N2O3S. The first-order valence-electron chi connectivity index (χ1n) is 8.13. The Morgan fingerprint density at radius 2 is 2.13 bits per heavy atom. The molecule has 0 aliphatic carbocycles. The lowest BCUT2D eigenvalue weighted by molar-refractivity contribution is -0.138. The third-order valence-corrected chi connectivity index (χ3v) is 5.05. The van der Waals surface area contributed by atoms with E-state index in [1.807, 2.05) is 11.8 Å². The van der Waals surface area contributed by atoms with Crippen LogP contribution in [0.25, 0.3) is 0 Å². The second kappa shape index (κ2) is 7.45. The van der Waals surface area contributed by atoms with Crippen molar-refractivity contribution in [3.05, 3.63) is 21.9 Å². The lowest BCUT2D eigenvalue weighted by Gasteiger charge is -2.29. The van der Waals surface area contributed by atoms with Gasteiger partial charge in [0, 0.05) is 43.9 Å². The van der Waals surface area contributed by atoms with Crippen molar-refractivity contribution in [2.24, 2.45) is 0 Å². The van der Waals surface area contributed by atoms with Gasteiger partial charge in [0.1, 0.15) is 0 Å². The van der Waals surface area contributed by atoms with E-state index in [0.717, 1.165) is 13.0 Å². The molecule has 23 heavy (non-hydrogen) atoms. The molecule has 1 aromatic heterocycles. The van der Waals surface area contributed by atoms with E-state index in [9.17, 15) is 14.7 Å². The molecule has 128 valence electrons. The molecule has 0 spiro atoms. The minimum Gasteiger partial charge on any atom is -0.389 e. The Hall–Kier alpha value is -1.40. The molecule has 0 saturated carbocycles. The molecule has 2 amide bonds. The van der Waals surface area contributed by atoms with Gasteiger partial charge < -0.3 is 14.9 Å². The van der Waals surface area contributed by atoms with E-state index in [2.05, 4.69) is 11.4 Å². The number of carbonyl (C=O) groups excluding carboxylic acids is 2. The lowest BCUT2D eigenvalue weighted by atomic mass is 10.1. The van der Waals surface area contributed by atoms with Gasteiger partial charge in [-0.25, -0.2) is 0 Å². The fourth-order valence-corrected chi connectivity index (χ4v) is 3.72. The minimum absolute atomic E-state index is 0.0366. The van der Waals surface area contributed by atoms with Crippen LogP contribution in [0.2, 0.25) is 0 Å². The third kappa shape index (κ3) is 5.04. The van der Waals surface area contributed by atoms with Crippen LogP contribution in [0.5, 0.6) is 0 Å². The van der Waals surface area contributed by atoms with Crippen LogP contribution in [0.4, 0.5) is 0 Å². The van der Waals surface area contributed by atoms with Gasteiger partial charge >= 0.3 is 0 Å². The monoisotopic (exact) mass is 338 g/mol. The molecule has 1 aliphatic heterocycles. The smallest absolute Gasteiger partial charge is 0.223 e. The van der Waals surface area contributed by atoms with Crippen LogP contribution in [-0.4, -0.2) is 52.0 Å². The van der Waals surface area contributed by atoms with E-state index in [-0.39, 0.29) is 24.7 Å². The number of aliphatic hydroxyl groups is 1. The first-order valence-corrected chi connectivity index (χ1v) is 9.01. The Kier molecular flexibility index (Phi) is 5.81. The molecule has 0 saturated heterocycles. The maximum atomic E-state index is 12.3. The van der Waals surface area contributed by atoms with E-state index >= 15 is 0 Å². The molecule has 5 nitrogen and oxygen atoms in total. The largest absolute Gasteiger partial charge is 0.389 e. The molecule has 6 heteroatoms. The lowest BCUT2D eigenvalue weighted by Crippen LogP contribution is -2.42. The molecular weight excluding hydrogens is 312 g/mol. The minimum atomic E-state index is -0.919. The summed E-state index contributed by atoms with van der Waals surface area (Å²) in [5.41, 5.74) is 0.316. The number of amides is 2. The number of thiophene rings is 1. The van der Waals surface area contributed by atoms with E-state index in [1.165, 1.54) is 10.4 Å². The zero-order chi connectivity index (χ0) is 17.0. The predicted octanol–water partition coefficient (Wildman–Crippen LogP) is 2.03. The number of likely N-dealkylation sites (N-methyl/N-ethyl adjacent to an activating group) is 1. The summed E-state index contributed by atoms with van der Waals surface area (Å²) in [7, 11) is 0. The zero-order valence-corrected chi connectivity index (χ0v) is 15.0. The number of carbonyl (C=O) groups is 2. The van der Waals surface area contributed by atoms with Crippen molar-refractivity contribution in [2.75, 3.05) is 19.6 Å². The van der Waals surface area contributed by atoms with Crippen LogP contribution in [-0.2, 0) is 22.6 Å². The molecule has 0 aromatic carbocycles. The van der Waals surface area contributed by atoms with Crippen molar-refractivity contribution in [1.29, 1.82) is 0 Å². The van der Waals surface area contributed by atoms with Crippen molar-refractivity contribution in [2.45, 2.75) is 52.2 Å². The molecule has 1 aliphatic rings. The third-order valence-electron chi connectivity index (χ3n) is 4.03. The number of fused-ring (bicyclic) bond motifs is 1. The fourth-order valence-electron chi connectivity index (χ4n) is 2.83. The molecule has 1 N–H and O–H groups in total. The topological polar surface area (TPSA) is 60.9 Å². The average molecular weight is 338 g/mol. The van der Waals surface area contributed by atoms with Gasteiger partial charge in [-0.05, 0) is 44.2 Å². The normalized spacial score (nSPS) is 14.5. The summed E-state index contributed by atoms with van der Waals surface area (Å²) in [6.07, 6.45) is 1.35. The van der Waals surface area contributed by atoms with Crippen molar-refractivity contribution < 1.29 is 14.7 Å². The maximum Gasteiger partial charge on any atom is 0.223 e. The Bertz CT molecular complexity index is 562. The van der Waals surface area contributed by atoms with Crippen molar-refractivity contribution in [3.63, 3.8) is 0 Å². The standard InChI is InChI=1S/C17H26N2O3S/c1-4-18(12-17(2,3)22)15(20)5-6-16(21)19-9-7-14-13(11-19)8-10-23-14/h8,10,22H,4-7,9,11-12H2,1-3H3. The molecule has 0 fully saturated rings. The van der Waals surface area contributed by atoms with Gasteiger partial charge in [0.05, 0.1) is 5.60 Å². The van der Waals surface area contributed by atoms with Crippen molar-refractivity contribution >= 4 is 23.2 Å². The van der Waals surface area contributed by atoms with Gasteiger partial charge in [-0.3, -0.25) is 9.59 Å². The molecule has 0 atom stereocenters. The van der Waals surface area contributed by atoms with Crippen molar-refractivity contribution in [1.82, 2.24) is 9.80 Å². The summed E-state index contributed by atoms with van der Waals surface area (Å²) in [6, 6.07) is 2.08. The summed E-state index contributed by atoms with van der Waals surface area (Å²) in [4.78, 5) is 29.4. The second-order valence-electron chi connectivity index (χ2n) is 6.65. The summed E-state index contributed by atoms with van der Waals surface area (Å²) >= 11 is 1.75. The zero-order valence-electron chi connectivity index (χ0n) is 14.2. The quantitative estimate of drug-likeness (QED) is 0.863. The Balaban J connectivity index is 1.83. The van der Waals surface area contributed by atoms with E-state index in [0.29, 0.717) is 19.6 Å². The predicted molar refractivity (Wildman–Crippen MR) is 91.2 cm³/mol. The highest BCUT2D eigenvalue weighted by molar-refractivity contribution is 7.10. The van der Waals surface area contributed by atoms with Crippen LogP contribution in [0, 0.1) is 0 Å². The number of hydrogen-bond donors (Lipinski definition) is 1. The van der Waals surface area contributed by atoms with Gasteiger partial charge in [0.25, 0.3) is 0 Å². The maximum absolute atomic E-state index is 12.3. The molecule has 0 unspecified atom stereocenters. The Labute approximate surface area is 141 Å². The summed E-state index contributed by atoms with van der Waals surface area (Å²) in [5.74, 6) is -0.0364. The highest BCUT2D eigenvalue weighted by atomic mass is 32.1. The van der Waals surface area contributed by atoms with Crippen molar-refractivity contribution in [3.8, 4) is 0 Å². The van der Waals surface area contributed by atoms with Gasteiger partial charge in [0.15, 0.2) is 0 Å². The second-order valence-corrected chi connectivity index (χ2v) is 7.66. The van der Waals surface area contributed by atoms with Gasteiger partial charge in [-0.1, -0.05) is 0 Å². The van der Waals surface area contributed by atoms with Crippen LogP contribution in [0.3, 0.4) is 0 Å². The highest BCUT2D eigenvalue weighted by Gasteiger charge is 2.24. The Morgan fingerprint density at radius 1 is 1.39 bits per heavy atom. The SMILES string of the molecule is CCN(CC(C)(C)O)C(=O)CCC(=O)N1CCc2sccc2C1. The number of hydrogen-bond acceptors (Lipinski definition) is 4. The van der Waals surface area contributed by atoms with Gasteiger partial charge in [-0.15, -0.1) is 11.3 Å². The highest BCUT2D eigenvalue weighted by Crippen LogP contribution is 2.24. The first kappa shape index (κ1) is 17.9. The number of nitrogens with zero attached hydrogens (tertiary/aromatic N) is 2. The van der Waals surface area contributed by atoms with E-state index in [4.69, 9.17) is 0 Å². The molecule has 0 radical (unpaired) electrons. The van der Waals surface area contributed by atoms with Crippen LogP contribution < -0.4 is 0 Å². The van der Waals surface area contributed by atoms with E-state index in [1.54, 1.807) is 30.1 Å². The van der Waals surface area contributed by atoms with Crippen LogP contribution in [0.15, 0.2) is 11.4 Å². The summed E-state index contributed by atoms with van der Waals surface area (Å²) in [5, 5.41) is 11.9. The Morgan fingerprint density at radius 3 is 2.78 bits per heavy atom. The van der Waals surface area contributed by atoms with E-state index < -0.39 is 5.60 Å². The molecule has 2 heterocycles. The number of rotatable bonds is 6. The summed E-state index contributed by atoms with van der Waals surface area (Å²) in [6.45, 7) is 7.47. The molecule has 2 rings (SSSR count). The average Bonchev–Trinajstić information content (AvgIpc) is 2.96. The van der Waals surface area contributed by atoms with Crippen LogP contribution >= 0.6 is 11.3 Å². The molecule has 1 aromatic rings. The first-order chi connectivity index (χ1) is 10.8. The fraction of sp³-hybridized carbons (Fsp3) is 0.647. The van der Waals surface area contributed by atoms with Crippen LogP contribution in [0.1, 0.15) is 44.1 Å². The van der Waals surface area contributed by atoms with Gasteiger partial charge in [-0.2, -0.15) is 0 Å². The molecule has 0 bridgehead atoms. The summed E-state index contributed by atoms with van der Waals surface area (Å²) < 4.78 is 0.